The average Bonchev–Trinajstić information content (AvgIpc) is 2.49. The Hall–Kier alpha value is -1.96. The molecule has 0 spiro atoms. The molecule has 2 aromatic rings. The summed E-state index contributed by atoms with van der Waals surface area (Å²) in [5.41, 5.74) is 6.95. The van der Waals surface area contributed by atoms with Gasteiger partial charge in [0.1, 0.15) is 0 Å². The maximum Gasteiger partial charge on any atom is 0.0716 e. The molecule has 0 aliphatic carbocycles. The Bertz CT molecular complexity index is 683. The maximum absolute atomic E-state index is 3.65. The van der Waals surface area contributed by atoms with Crippen LogP contribution in [-0.2, 0) is 0 Å². The van der Waals surface area contributed by atoms with Crippen LogP contribution in [0.4, 0.5) is 11.4 Å². The second-order valence-corrected chi connectivity index (χ2v) is 7.95. The Morgan fingerprint density at radius 1 is 1.04 bits per heavy atom. The second kappa shape index (κ2) is 5.92. The van der Waals surface area contributed by atoms with Crippen LogP contribution in [0, 0.1) is 19.3 Å². The minimum Gasteiger partial charge on any atom is -0.381 e. The van der Waals surface area contributed by atoms with Crippen LogP contribution in [0.5, 0.6) is 0 Å². The van der Waals surface area contributed by atoms with Crippen LogP contribution < -0.4 is 10.2 Å². The summed E-state index contributed by atoms with van der Waals surface area (Å²) in [5.74, 6) is 0. The van der Waals surface area contributed by atoms with Crippen LogP contribution in [0.3, 0.4) is 0 Å². The monoisotopic (exact) mass is 308 g/mol. The van der Waals surface area contributed by atoms with Crippen molar-refractivity contribution in [3.63, 3.8) is 0 Å². The standard InChI is InChI=1S/C21H28N2/c1-15-11-18-19(12-16(15)2)23(14-21(3,4)5)20(13-22-18)17-9-7-6-8-10-17/h6-12,20,22H,13-14H2,1-5H3. The fourth-order valence-electron chi connectivity index (χ4n) is 3.34. The lowest BCUT2D eigenvalue weighted by atomic mass is 9.91. The van der Waals surface area contributed by atoms with E-state index in [-0.39, 0.29) is 5.41 Å². The summed E-state index contributed by atoms with van der Waals surface area (Å²) in [6.45, 7) is 13.3. The van der Waals surface area contributed by atoms with Crippen molar-refractivity contribution in [2.24, 2.45) is 5.41 Å². The first-order valence-corrected chi connectivity index (χ1v) is 8.52. The molecule has 2 nitrogen and oxygen atoms in total. The van der Waals surface area contributed by atoms with Crippen LogP contribution in [0.1, 0.15) is 43.5 Å². The lowest BCUT2D eigenvalue weighted by Gasteiger charge is -2.43. The molecule has 1 aliphatic heterocycles. The predicted octanol–water partition coefficient (Wildman–Crippen LogP) is 5.32. The SMILES string of the molecule is Cc1cc2c(cc1C)N(CC(C)(C)C)C(c1ccccc1)CN2. The van der Waals surface area contributed by atoms with E-state index in [0.717, 1.165) is 13.1 Å². The summed E-state index contributed by atoms with van der Waals surface area (Å²) in [5, 5.41) is 3.65. The fourth-order valence-corrected chi connectivity index (χ4v) is 3.34. The number of hydrogen-bond donors (Lipinski definition) is 1. The number of rotatable bonds is 2. The molecule has 0 aromatic heterocycles. The lowest BCUT2D eigenvalue weighted by Crippen LogP contribution is -2.42. The van der Waals surface area contributed by atoms with E-state index >= 15 is 0 Å². The van der Waals surface area contributed by atoms with Crippen molar-refractivity contribution in [3.05, 3.63) is 59.2 Å². The summed E-state index contributed by atoms with van der Waals surface area (Å²) in [4.78, 5) is 2.59. The molecular weight excluding hydrogens is 280 g/mol. The molecule has 0 fully saturated rings. The first-order valence-electron chi connectivity index (χ1n) is 8.52. The summed E-state index contributed by atoms with van der Waals surface area (Å²) in [6, 6.07) is 15.9. The molecule has 1 N–H and O–H groups in total. The maximum atomic E-state index is 3.65. The molecule has 0 saturated carbocycles. The zero-order valence-corrected chi connectivity index (χ0v) is 15.0. The first kappa shape index (κ1) is 15.9. The molecule has 1 atom stereocenters. The number of benzene rings is 2. The Morgan fingerprint density at radius 3 is 2.35 bits per heavy atom. The normalized spacial score (nSPS) is 17.6. The highest BCUT2D eigenvalue weighted by molar-refractivity contribution is 5.75. The zero-order valence-electron chi connectivity index (χ0n) is 15.0. The van der Waals surface area contributed by atoms with Crippen molar-refractivity contribution in [2.45, 2.75) is 40.7 Å². The van der Waals surface area contributed by atoms with Crippen molar-refractivity contribution in [1.82, 2.24) is 0 Å². The molecule has 122 valence electrons. The summed E-state index contributed by atoms with van der Waals surface area (Å²) in [7, 11) is 0. The third-order valence-electron chi connectivity index (χ3n) is 4.61. The topological polar surface area (TPSA) is 15.3 Å². The van der Waals surface area contributed by atoms with Gasteiger partial charge in [-0.1, -0.05) is 51.1 Å². The summed E-state index contributed by atoms with van der Waals surface area (Å²) in [6.07, 6.45) is 0. The van der Waals surface area contributed by atoms with E-state index in [9.17, 15) is 0 Å². The minimum atomic E-state index is 0.250. The minimum absolute atomic E-state index is 0.250. The highest BCUT2D eigenvalue weighted by atomic mass is 15.2. The third kappa shape index (κ3) is 3.36. The van der Waals surface area contributed by atoms with Gasteiger partial charge in [-0.05, 0) is 48.1 Å². The van der Waals surface area contributed by atoms with Gasteiger partial charge in [0.25, 0.3) is 0 Å². The Morgan fingerprint density at radius 2 is 1.70 bits per heavy atom. The molecular formula is C21H28N2. The second-order valence-electron chi connectivity index (χ2n) is 7.95. The molecule has 2 heteroatoms. The Balaban J connectivity index is 2.06. The molecule has 0 radical (unpaired) electrons. The van der Waals surface area contributed by atoms with Crippen LogP contribution in [0.25, 0.3) is 0 Å². The predicted molar refractivity (Wildman–Crippen MR) is 100 cm³/mol. The van der Waals surface area contributed by atoms with Crippen LogP contribution >= 0.6 is 0 Å². The van der Waals surface area contributed by atoms with Crippen molar-refractivity contribution in [3.8, 4) is 0 Å². The van der Waals surface area contributed by atoms with E-state index in [2.05, 4.69) is 87.3 Å². The summed E-state index contributed by atoms with van der Waals surface area (Å²) < 4.78 is 0. The van der Waals surface area contributed by atoms with Gasteiger partial charge in [0.05, 0.1) is 17.4 Å². The van der Waals surface area contributed by atoms with Crippen molar-refractivity contribution in [2.75, 3.05) is 23.3 Å². The number of anilines is 2. The van der Waals surface area contributed by atoms with Gasteiger partial charge >= 0.3 is 0 Å². The van der Waals surface area contributed by atoms with Crippen LogP contribution in [-0.4, -0.2) is 13.1 Å². The molecule has 3 rings (SSSR count). The molecule has 2 aromatic carbocycles. The van der Waals surface area contributed by atoms with Crippen molar-refractivity contribution in [1.29, 1.82) is 0 Å². The molecule has 23 heavy (non-hydrogen) atoms. The smallest absolute Gasteiger partial charge is 0.0716 e. The molecule has 0 amide bonds. The van der Waals surface area contributed by atoms with E-state index < -0.39 is 0 Å². The molecule has 0 bridgehead atoms. The largest absolute Gasteiger partial charge is 0.381 e. The van der Waals surface area contributed by atoms with E-state index in [1.54, 1.807) is 0 Å². The average molecular weight is 308 g/mol. The van der Waals surface area contributed by atoms with Gasteiger partial charge in [-0.25, -0.2) is 0 Å². The van der Waals surface area contributed by atoms with Gasteiger partial charge in [-0.2, -0.15) is 0 Å². The number of aryl methyl sites for hydroxylation is 2. The number of hydrogen-bond acceptors (Lipinski definition) is 2. The van der Waals surface area contributed by atoms with Gasteiger partial charge in [0.15, 0.2) is 0 Å². The molecule has 0 saturated heterocycles. The van der Waals surface area contributed by atoms with Crippen molar-refractivity contribution >= 4 is 11.4 Å². The molecule has 1 aliphatic rings. The van der Waals surface area contributed by atoms with Crippen LogP contribution in [0.15, 0.2) is 42.5 Å². The van der Waals surface area contributed by atoms with E-state index in [0.29, 0.717) is 6.04 Å². The van der Waals surface area contributed by atoms with Gasteiger partial charge in [0, 0.05) is 13.1 Å². The van der Waals surface area contributed by atoms with E-state index in [1.165, 1.54) is 28.1 Å². The van der Waals surface area contributed by atoms with Gasteiger partial charge < -0.3 is 10.2 Å². The quantitative estimate of drug-likeness (QED) is 0.807. The number of fused-ring (bicyclic) bond motifs is 1. The van der Waals surface area contributed by atoms with Crippen LogP contribution in [0.2, 0.25) is 0 Å². The van der Waals surface area contributed by atoms with Gasteiger partial charge in [-0.3, -0.25) is 0 Å². The highest BCUT2D eigenvalue weighted by Gasteiger charge is 2.30. The van der Waals surface area contributed by atoms with Crippen molar-refractivity contribution < 1.29 is 0 Å². The Kier molecular flexibility index (Phi) is 4.09. The molecule has 1 heterocycles. The zero-order chi connectivity index (χ0) is 16.6. The van der Waals surface area contributed by atoms with E-state index in [4.69, 9.17) is 0 Å². The molecule has 1 unspecified atom stereocenters. The van der Waals surface area contributed by atoms with Gasteiger partial charge in [-0.15, -0.1) is 0 Å². The fraction of sp³-hybridized carbons (Fsp3) is 0.429. The lowest BCUT2D eigenvalue weighted by molar-refractivity contribution is 0.391. The van der Waals surface area contributed by atoms with Gasteiger partial charge in [0.2, 0.25) is 0 Å². The van der Waals surface area contributed by atoms with E-state index in [1.807, 2.05) is 0 Å². The number of nitrogens with zero attached hydrogens (tertiary/aromatic N) is 1. The highest BCUT2D eigenvalue weighted by Crippen LogP contribution is 2.40. The number of nitrogens with one attached hydrogen (secondary N) is 1. The third-order valence-corrected chi connectivity index (χ3v) is 4.61. The summed E-state index contributed by atoms with van der Waals surface area (Å²) >= 11 is 0. The first-order chi connectivity index (χ1) is 10.8. The Labute approximate surface area is 140 Å².